The van der Waals surface area contributed by atoms with Gasteiger partial charge in [-0.1, -0.05) is 0 Å². The van der Waals surface area contributed by atoms with Gasteiger partial charge in [-0.2, -0.15) is 0 Å². The number of hydrogen-bond acceptors (Lipinski definition) is 3. The van der Waals surface area contributed by atoms with Crippen LogP contribution < -0.4 is 4.74 Å². The fourth-order valence-electron chi connectivity index (χ4n) is 1.02. The average Bonchev–Trinajstić information content (AvgIpc) is 2.16. The molecular weight excluding hydrogens is 192 g/mol. The van der Waals surface area contributed by atoms with Crippen LogP contribution in [0.4, 0.5) is 8.78 Å². The van der Waals surface area contributed by atoms with Gasteiger partial charge < -0.3 is 4.74 Å². The Morgan fingerprint density at radius 2 is 2.21 bits per heavy atom. The number of hydrogen-bond donors (Lipinski definition) is 0. The number of aryl methyl sites for hydroxylation is 1. The number of ketones is 1. The molecule has 5 heteroatoms. The second-order valence-electron chi connectivity index (χ2n) is 2.71. The summed E-state index contributed by atoms with van der Waals surface area (Å²) in [6.07, 6.45) is -1.90. The Labute approximate surface area is 79.7 Å². The summed E-state index contributed by atoms with van der Waals surface area (Å²) in [7, 11) is 1.41. The van der Waals surface area contributed by atoms with Crippen LogP contribution in [0.5, 0.6) is 5.88 Å². The molecule has 0 atom stereocenters. The number of aromatic nitrogens is 1. The SMILES string of the molecule is COc1cc(C)c(C(=O)C(F)F)cn1. The van der Waals surface area contributed by atoms with Gasteiger partial charge in [0, 0.05) is 17.8 Å². The van der Waals surface area contributed by atoms with Gasteiger partial charge in [0.2, 0.25) is 11.7 Å². The van der Waals surface area contributed by atoms with Crippen molar-refractivity contribution in [3.05, 3.63) is 23.4 Å². The maximum atomic E-state index is 12.1. The lowest BCUT2D eigenvalue weighted by molar-refractivity contribution is 0.0677. The molecule has 1 heterocycles. The molecule has 0 bridgehead atoms. The lowest BCUT2D eigenvalue weighted by Gasteiger charge is -2.05. The minimum atomic E-state index is -3.00. The highest BCUT2D eigenvalue weighted by atomic mass is 19.3. The first-order valence-corrected chi connectivity index (χ1v) is 3.89. The predicted molar refractivity (Wildman–Crippen MR) is 45.9 cm³/mol. The van der Waals surface area contributed by atoms with E-state index in [0.29, 0.717) is 11.4 Å². The van der Waals surface area contributed by atoms with Crippen LogP contribution in [-0.2, 0) is 0 Å². The highest BCUT2D eigenvalue weighted by molar-refractivity contribution is 5.99. The van der Waals surface area contributed by atoms with Gasteiger partial charge in [0.15, 0.2) is 0 Å². The molecule has 0 aliphatic heterocycles. The normalized spacial score (nSPS) is 10.4. The number of rotatable bonds is 3. The molecule has 0 unspecified atom stereocenters. The van der Waals surface area contributed by atoms with E-state index in [2.05, 4.69) is 4.98 Å². The van der Waals surface area contributed by atoms with Crippen molar-refractivity contribution >= 4 is 5.78 Å². The van der Waals surface area contributed by atoms with Crippen molar-refractivity contribution in [1.82, 2.24) is 4.98 Å². The van der Waals surface area contributed by atoms with Crippen molar-refractivity contribution in [1.29, 1.82) is 0 Å². The van der Waals surface area contributed by atoms with Crippen LogP contribution in [0.1, 0.15) is 15.9 Å². The molecule has 0 saturated carbocycles. The molecule has 1 aromatic rings. The summed E-state index contributed by atoms with van der Waals surface area (Å²) in [6.45, 7) is 1.56. The summed E-state index contributed by atoms with van der Waals surface area (Å²) in [5, 5.41) is 0. The summed E-state index contributed by atoms with van der Waals surface area (Å²) in [5.41, 5.74) is 0.364. The summed E-state index contributed by atoms with van der Waals surface area (Å²) < 4.78 is 28.9. The molecule has 76 valence electrons. The second kappa shape index (κ2) is 4.13. The minimum Gasteiger partial charge on any atom is -0.481 e. The Morgan fingerprint density at radius 1 is 1.57 bits per heavy atom. The first-order chi connectivity index (χ1) is 6.56. The third-order valence-corrected chi connectivity index (χ3v) is 1.76. The Hall–Kier alpha value is -1.52. The van der Waals surface area contributed by atoms with E-state index in [4.69, 9.17) is 4.74 Å². The van der Waals surface area contributed by atoms with Gasteiger partial charge in [-0.15, -0.1) is 0 Å². The number of carbonyl (C=O) groups excluding carboxylic acids is 1. The molecule has 0 aliphatic carbocycles. The van der Waals surface area contributed by atoms with Crippen LogP contribution in [0, 0.1) is 6.92 Å². The highest BCUT2D eigenvalue weighted by Crippen LogP contribution is 2.16. The lowest BCUT2D eigenvalue weighted by atomic mass is 10.1. The summed E-state index contributed by atoms with van der Waals surface area (Å²) in [5.74, 6) is -0.911. The van der Waals surface area contributed by atoms with E-state index in [1.807, 2.05) is 0 Å². The molecule has 0 fully saturated rings. The molecule has 1 rings (SSSR count). The Bertz CT molecular complexity index is 353. The largest absolute Gasteiger partial charge is 0.481 e. The van der Waals surface area contributed by atoms with Crippen LogP contribution in [0.2, 0.25) is 0 Å². The number of nitrogens with zero attached hydrogens (tertiary/aromatic N) is 1. The van der Waals surface area contributed by atoms with Gasteiger partial charge in [-0.05, 0) is 12.5 Å². The number of methoxy groups -OCH3 is 1. The molecule has 0 amide bonds. The van der Waals surface area contributed by atoms with Gasteiger partial charge in [-0.25, -0.2) is 13.8 Å². The second-order valence-corrected chi connectivity index (χ2v) is 2.71. The number of alkyl halides is 2. The number of Topliss-reactive ketones (excluding diaryl/α,β-unsaturated/α-hetero) is 1. The van der Waals surface area contributed by atoms with Gasteiger partial charge in [0.05, 0.1) is 7.11 Å². The van der Waals surface area contributed by atoms with Crippen molar-refractivity contribution in [3.63, 3.8) is 0 Å². The summed E-state index contributed by atoms with van der Waals surface area (Å²) >= 11 is 0. The molecule has 0 radical (unpaired) electrons. The Morgan fingerprint density at radius 3 is 2.64 bits per heavy atom. The maximum Gasteiger partial charge on any atom is 0.300 e. The zero-order valence-electron chi connectivity index (χ0n) is 7.75. The van der Waals surface area contributed by atoms with Crippen LogP contribution in [-0.4, -0.2) is 24.3 Å². The highest BCUT2D eigenvalue weighted by Gasteiger charge is 2.20. The molecule has 0 spiro atoms. The van der Waals surface area contributed by atoms with Gasteiger partial charge >= 0.3 is 6.43 Å². The average molecular weight is 201 g/mol. The third-order valence-electron chi connectivity index (χ3n) is 1.76. The number of ether oxygens (including phenoxy) is 1. The van der Waals surface area contributed by atoms with Crippen molar-refractivity contribution < 1.29 is 18.3 Å². The summed E-state index contributed by atoms with van der Waals surface area (Å²) in [4.78, 5) is 14.6. The van der Waals surface area contributed by atoms with Crippen LogP contribution in [0.3, 0.4) is 0 Å². The minimum absolute atomic E-state index is 0.0687. The third kappa shape index (κ3) is 2.04. The predicted octanol–water partition coefficient (Wildman–Crippen LogP) is 1.85. The van der Waals surface area contributed by atoms with Crippen molar-refractivity contribution in [2.24, 2.45) is 0 Å². The summed E-state index contributed by atoms with van der Waals surface area (Å²) in [6, 6.07) is 1.44. The fourth-order valence-corrected chi connectivity index (χ4v) is 1.02. The zero-order chi connectivity index (χ0) is 10.7. The van der Waals surface area contributed by atoms with Crippen molar-refractivity contribution in [2.45, 2.75) is 13.3 Å². The van der Waals surface area contributed by atoms with E-state index in [9.17, 15) is 13.6 Å². The monoisotopic (exact) mass is 201 g/mol. The Balaban J connectivity index is 3.06. The number of pyridine rings is 1. The Kier molecular flexibility index (Phi) is 3.11. The standard InChI is InChI=1S/C9H9F2NO2/c1-5-3-7(14-2)12-4-6(5)8(13)9(10)11/h3-4,9H,1-2H3. The van der Waals surface area contributed by atoms with E-state index in [1.165, 1.54) is 13.2 Å². The van der Waals surface area contributed by atoms with E-state index < -0.39 is 12.2 Å². The molecule has 0 aromatic carbocycles. The van der Waals surface area contributed by atoms with Crippen molar-refractivity contribution in [2.75, 3.05) is 7.11 Å². The first-order valence-electron chi connectivity index (χ1n) is 3.89. The van der Waals surface area contributed by atoms with Crippen molar-refractivity contribution in [3.8, 4) is 5.88 Å². The molecule has 1 aromatic heterocycles. The zero-order valence-corrected chi connectivity index (χ0v) is 7.75. The molecular formula is C9H9F2NO2. The fraction of sp³-hybridized carbons (Fsp3) is 0.333. The molecule has 0 saturated heterocycles. The topological polar surface area (TPSA) is 39.2 Å². The quantitative estimate of drug-likeness (QED) is 0.700. The van der Waals surface area contributed by atoms with Gasteiger partial charge in [0.25, 0.3) is 0 Å². The molecule has 3 nitrogen and oxygen atoms in total. The van der Waals surface area contributed by atoms with Gasteiger partial charge in [-0.3, -0.25) is 4.79 Å². The number of carbonyl (C=O) groups is 1. The lowest BCUT2D eigenvalue weighted by Crippen LogP contribution is -2.12. The van der Waals surface area contributed by atoms with Crippen LogP contribution in [0.15, 0.2) is 12.3 Å². The van der Waals surface area contributed by atoms with E-state index in [0.717, 1.165) is 6.20 Å². The molecule has 0 N–H and O–H groups in total. The number of halogens is 2. The van der Waals surface area contributed by atoms with E-state index in [1.54, 1.807) is 6.92 Å². The van der Waals surface area contributed by atoms with Gasteiger partial charge in [0.1, 0.15) is 0 Å². The van der Waals surface area contributed by atoms with Crippen LogP contribution >= 0.6 is 0 Å². The molecule has 14 heavy (non-hydrogen) atoms. The first kappa shape index (κ1) is 10.6. The van der Waals surface area contributed by atoms with Crippen LogP contribution in [0.25, 0.3) is 0 Å². The van der Waals surface area contributed by atoms with E-state index >= 15 is 0 Å². The smallest absolute Gasteiger partial charge is 0.300 e. The maximum absolute atomic E-state index is 12.1. The van der Waals surface area contributed by atoms with E-state index in [-0.39, 0.29) is 5.56 Å². The molecule has 0 aliphatic rings.